The maximum atomic E-state index is 11.6. The van der Waals surface area contributed by atoms with Gasteiger partial charge < -0.3 is 20.2 Å². The summed E-state index contributed by atoms with van der Waals surface area (Å²) >= 11 is 9.40. The fraction of sp³-hybridized carbons (Fsp3) is 0.167. The average Bonchev–Trinajstić information content (AvgIpc) is 2.46. The van der Waals surface area contributed by atoms with E-state index < -0.39 is 11.1 Å². The second-order valence-electron chi connectivity index (χ2n) is 4.41. The van der Waals surface area contributed by atoms with Crippen LogP contribution in [0.25, 0.3) is 0 Å². The molecule has 0 radical (unpaired) electrons. The molecule has 24 heavy (non-hydrogen) atoms. The molecule has 2 aromatic heterocycles. The number of H-pyrrole nitrogens is 4. The fourth-order valence-corrected chi connectivity index (χ4v) is 2.01. The lowest BCUT2D eigenvalue weighted by Crippen LogP contribution is -2.14. The Morgan fingerprint density at radius 1 is 0.792 bits per heavy atom. The molecule has 0 unspecified atom stereocenters. The van der Waals surface area contributed by atoms with Gasteiger partial charge in [0.2, 0.25) is 11.8 Å². The van der Waals surface area contributed by atoms with Crippen LogP contribution < -0.4 is 11.1 Å². The van der Waals surface area contributed by atoms with Crippen LogP contribution in [0, 0.1) is 9.54 Å². The second kappa shape index (κ2) is 7.61. The zero-order valence-electron chi connectivity index (χ0n) is 12.0. The number of aliphatic imine (C=N–C) groups is 2. The van der Waals surface area contributed by atoms with E-state index in [-0.39, 0.29) is 45.5 Å². The van der Waals surface area contributed by atoms with Gasteiger partial charge in [0.15, 0.2) is 9.54 Å². The number of hydrogen-bond donors (Lipinski definition) is 6. The summed E-state index contributed by atoms with van der Waals surface area (Å²) < 4.78 is 0.0114. The predicted molar refractivity (Wildman–Crippen MR) is 92.7 cm³/mol. The Morgan fingerprint density at radius 3 is 1.50 bits per heavy atom. The summed E-state index contributed by atoms with van der Waals surface area (Å²) in [5, 5.41) is 19.1. The first-order valence-electron chi connectivity index (χ1n) is 6.49. The highest BCUT2D eigenvalue weighted by atomic mass is 32.1. The molecule has 0 saturated heterocycles. The van der Waals surface area contributed by atoms with Crippen molar-refractivity contribution in [1.29, 1.82) is 0 Å². The zero-order valence-corrected chi connectivity index (χ0v) is 13.6. The van der Waals surface area contributed by atoms with E-state index in [1.54, 1.807) is 0 Å². The van der Waals surface area contributed by atoms with Gasteiger partial charge in [0, 0.05) is 12.4 Å². The van der Waals surface area contributed by atoms with E-state index in [1.807, 2.05) is 0 Å². The van der Waals surface area contributed by atoms with E-state index in [0.29, 0.717) is 0 Å². The Kier molecular flexibility index (Phi) is 5.55. The number of aromatic amines is 4. The maximum Gasteiger partial charge on any atom is 0.264 e. The van der Waals surface area contributed by atoms with Crippen LogP contribution >= 0.6 is 24.4 Å². The lowest BCUT2D eigenvalue weighted by atomic mass is 10.3. The van der Waals surface area contributed by atoms with Crippen molar-refractivity contribution >= 4 is 36.9 Å². The van der Waals surface area contributed by atoms with Gasteiger partial charge in [0.25, 0.3) is 11.1 Å². The normalized spacial score (nSPS) is 11.5. The quantitative estimate of drug-likeness (QED) is 0.249. The molecule has 0 atom stereocenters. The van der Waals surface area contributed by atoms with E-state index >= 15 is 0 Å². The van der Waals surface area contributed by atoms with Crippen molar-refractivity contribution in [3.8, 4) is 11.8 Å². The van der Waals surface area contributed by atoms with E-state index in [4.69, 9.17) is 24.4 Å². The van der Waals surface area contributed by atoms with Crippen molar-refractivity contribution in [2.45, 2.75) is 0 Å². The summed E-state index contributed by atoms with van der Waals surface area (Å²) in [5.41, 5.74) is -1.26. The van der Waals surface area contributed by atoms with Gasteiger partial charge in [-0.3, -0.25) is 29.5 Å². The van der Waals surface area contributed by atoms with E-state index in [1.165, 1.54) is 12.4 Å². The monoisotopic (exact) mass is 368 g/mol. The van der Waals surface area contributed by atoms with E-state index in [2.05, 4.69) is 29.9 Å². The van der Waals surface area contributed by atoms with Gasteiger partial charge in [-0.1, -0.05) is 0 Å². The van der Waals surface area contributed by atoms with Crippen LogP contribution in [0.2, 0.25) is 0 Å². The third kappa shape index (κ3) is 4.33. The molecule has 126 valence electrons. The molecule has 2 aromatic rings. The van der Waals surface area contributed by atoms with Crippen LogP contribution in [-0.2, 0) is 0 Å². The molecule has 0 aliphatic carbocycles. The SMILES string of the molecule is O=c1[nH]c(=S)[nH]c(O)c1C=NCCN=Cc1c(O)[nH]c(=S)[nH]c1=O. The van der Waals surface area contributed by atoms with Crippen LogP contribution in [0.4, 0.5) is 0 Å². The minimum absolute atomic E-state index is 0.00572. The van der Waals surface area contributed by atoms with Gasteiger partial charge in [-0.25, -0.2) is 0 Å². The van der Waals surface area contributed by atoms with Gasteiger partial charge in [-0.15, -0.1) is 0 Å². The number of aromatic hydroxyl groups is 2. The third-order valence-corrected chi connectivity index (χ3v) is 3.12. The first kappa shape index (κ1) is 17.5. The summed E-state index contributed by atoms with van der Waals surface area (Å²) in [6.07, 6.45) is 2.36. The summed E-state index contributed by atoms with van der Waals surface area (Å²) in [7, 11) is 0. The van der Waals surface area contributed by atoms with Gasteiger partial charge in [-0.2, -0.15) is 0 Å². The molecule has 0 aromatic carbocycles. The Balaban J connectivity index is 2.01. The summed E-state index contributed by atoms with van der Waals surface area (Å²) in [6.45, 7) is 0.374. The maximum absolute atomic E-state index is 11.6. The van der Waals surface area contributed by atoms with Gasteiger partial charge in [-0.05, 0) is 24.4 Å². The minimum Gasteiger partial charge on any atom is -0.494 e. The predicted octanol–water partition coefficient (Wildman–Crippen LogP) is 0.128. The topological polar surface area (TPSA) is 162 Å². The van der Waals surface area contributed by atoms with Crippen molar-refractivity contribution in [3.63, 3.8) is 0 Å². The number of rotatable bonds is 5. The van der Waals surface area contributed by atoms with Gasteiger partial charge in [0.05, 0.1) is 13.1 Å². The van der Waals surface area contributed by atoms with Crippen molar-refractivity contribution in [3.05, 3.63) is 41.4 Å². The number of hydrogen-bond acceptors (Lipinski definition) is 8. The van der Waals surface area contributed by atoms with Crippen LogP contribution in [-0.4, -0.2) is 55.7 Å². The van der Waals surface area contributed by atoms with Crippen LogP contribution in [0.1, 0.15) is 11.1 Å². The first-order chi connectivity index (χ1) is 11.4. The number of nitrogens with one attached hydrogen (secondary N) is 4. The molecule has 2 heterocycles. The van der Waals surface area contributed by atoms with Crippen molar-refractivity contribution in [2.24, 2.45) is 9.98 Å². The first-order valence-corrected chi connectivity index (χ1v) is 7.31. The van der Waals surface area contributed by atoms with Crippen molar-refractivity contribution in [1.82, 2.24) is 19.9 Å². The number of nitrogens with zero attached hydrogens (tertiary/aromatic N) is 2. The smallest absolute Gasteiger partial charge is 0.264 e. The highest BCUT2D eigenvalue weighted by Crippen LogP contribution is 2.04. The third-order valence-electron chi connectivity index (χ3n) is 2.72. The standard InChI is InChI=1S/C12H12N6O4S2/c19-7-5(8(20)16-11(23)15-7)3-13-1-2-14-4-6-9(21)17-12(24)18-10(6)22/h3-4H,1-2H2,(H3,15,16,19,20,23)(H3,17,18,21,22,24). The van der Waals surface area contributed by atoms with Crippen LogP contribution in [0.5, 0.6) is 11.8 Å². The molecule has 0 fully saturated rings. The molecule has 0 spiro atoms. The van der Waals surface area contributed by atoms with Crippen molar-refractivity contribution in [2.75, 3.05) is 13.1 Å². The molecule has 0 saturated carbocycles. The molecule has 0 aliphatic heterocycles. The van der Waals surface area contributed by atoms with Crippen LogP contribution in [0.15, 0.2) is 19.6 Å². The Hall–Kier alpha value is -2.86. The molecule has 2 rings (SSSR count). The average molecular weight is 368 g/mol. The zero-order chi connectivity index (χ0) is 17.7. The Bertz CT molecular complexity index is 946. The van der Waals surface area contributed by atoms with E-state index in [9.17, 15) is 19.8 Å². The summed E-state index contributed by atoms with van der Waals surface area (Å²) in [4.78, 5) is 40.4. The van der Waals surface area contributed by atoms with Gasteiger partial charge in [0.1, 0.15) is 11.1 Å². The minimum atomic E-state index is -0.570. The van der Waals surface area contributed by atoms with E-state index in [0.717, 1.165) is 0 Å². The largest absolute Gasteiger partial charge is 0.494 e. The molecule has 10 nitrogen and oxygen atoms in total. The lowest BCUT2D eigenvalue weighted by Gasteiger charge is -1.97. The highest BCUT2D eigenvalue weighted by Gasteiger charge is 2.04. The lowest BCUT2D eigenvalue weighted by molar-refractivity contribution is 0.448. The summed E-state index contributed by atoms with van der Waals surface area (Å²) in [6, 6.07) is 0. The molecular formula is C12H12N6O4S2. The molecular weight excluding hydrogens is 356 g/mol. The van der Waals surface area contributed by atoms with Crippen LogP contribution in [0.3, 0.4) is 0 Å². The van der Waals surface area contributed by atoms with Crippen molar-refractivity contribution < 1.29 is 10.2 Å². The molecule has 0 bridgehead atoms. The Labute approximate surface area is 143 Å². The number of aromatic nitrogens is 4. The molecule has 12 heteroatoms. The molecule has 6 N–H and O–H groups in total. The fourth-order valence-electron chi connectivity index (χ4n) is 1.63. The highest BCUT2D eigenvalue weighted by molar-refractivity contribution is 7.71. The summed E-state index contributed by atoms with van der Waals surface area (Å²) in [5.74, 6) is -0.765. The van der Waals surface area contributed by atoms with Gasteiger partial charge >= 0.3 is 0 Å². The second-order valence-corrected chi connectivity index (χ2v) is 5.23. The molecule has 0 amide bonds. The Morgan fingerprint density at radius 2 is 1.17 bits per heavy atom. The molecule has 0 aliphatic rings.